The van der Waals surface area contributed by atoms with Gasteiger partial charge in [0.2, 0.25) is 17.7 Å². The minimum atomic E-state index is -0.807. The average Bonchev–Trinajstić information content (AvgIpc) is 3.51. The summed E-state index contributed by atoms with van der Waals surface area (Å²) in [5, 5.41) is 1.92. The largest absolute Gasteiger partial charge is 0.436 e. The minimum absolute atomic E-state index is 0.0311. The van der Waals surface area contributed by atoms with E-state index in [9.17, 15) is 14.4 Å². The summed E-state index contributed by atoms with van der Waals surface area (Å²) in [6.45, 7) is 1.73. The van der Waals surface area contributed by atoms with Crippen molar-refractivity contribution in [3.8, 4) is 11.5 Å². The highest BCUT2D eigenvalue weighted by Crippen LogP contribution is 2.30. The second-order valence-electron chi connectivity index (χ2n) is 7.55. The first-order valence-corrected chi connectivity index (χ1v) is 11.0. The molecule has 3 amide bonds. The lowest BCUT2D eigenvalue weighted by Crippen LogP contribution is -2.44. The van der Waals surface area contributed by atoms with Gasteiger partial charge in [-0.2, -0.15) is 0 Å². The fourth-order valence-corrected chi connectivity index (χ4v) is 4.59. The van der Waals surface area contributed by atoms with Crippen LogP contribution in [0.5, 0.6) is 0 Å². The molecule has 160 valence electrons. The molecule has 3 heterocycles. The third-order valence-corrected chi connectivity index (χ3v) is 6.34. The summed E-state index contributed by atoms with van der Waals surface area (Å²) in [5.74, 6) is -0.491. The van der Waals surface area contributed by atoms with Crippen molar-refractivity contribution in [2.75, 3.05) is 4.90 Å². The van der Waals surface area contributed by atoms with E-state index in [0.29, 0.717) is 23.7 Å². The van der Waals surface area contributed by atoms with E-state index < -0.39 is 11.9 Å². The van der Waals surface area contributed by atoms with Gasteiger partial charge >= 0.3 is 0 Å². The van der Waals surface area contributed by atoms with E-state index in [1.54, 1.807) is 24.3 Å². The molecule has 1 unspecified atom stereocenters. The molecule has 5 rings (SSSR count). The molecule has 1 aliphatic heterocycles. The van der Waals surface area contributed by atoms with Crippen molar-refractivity contribution in [2.24, 2.45) is 0 Å². The van der Waals surface area contributed by atoms with Crippen LogP contribution in [-0.4, -0.2) is 33.6 Å². The van der Waals surface area contributed by atoms with E-state index in [1.807, 2.05) is 41.8 Å². The molecule has 0 radical (unpaired) electrons. The normalized spacial score (nSPS) is 16.2. The summed E-state index contributed by atoms with van der Waals surface area (Å²) in [4.78, 5) is 46.2. The highest BCUT2D eigenvalue weighted by atomic mass is 32.1. The quantitative estimate of drug-likeness (QED) is 0.429. The van der Waals surface area contributed by atoms with Gasteiger partial charge in [-0.3, -0.25) is 14.4 Å². The Balaban J connectivity index is 1.39. The Labute approximate surface area is 187 Å². The van der Waals surface area contributed by atoms with Crippen molar-refractivity contribution < 1.29 is 18.8 Å². The molecule has 2 aromatic heterocycles. The Kier molecular flexibility index (Phi) is 5.07. The number of para-hydroxylation sites is 2. The second-order valence-corrected chi connectivity index (χ2v) is 8.58. The van der Waals surface area contributed by atoms with Crippen LogP contribution >= 0.6 is 11.3 Å². The Bertz CT molecular complexity index is 1280. The van der Waals surface area contributed by atoms with E-state index in [4.69, 9.17) is 4.42 Å². The number of fused-ring (bicyclic) bond motifs is 1. The van der Waals surface area contributed by atoms with Gasteiger partial charge < -0.3 is 9.32 Å². The van der Waals surface area contributed by atoms with E-state index in [0.717, 1.165) is 20.9 Å². The van der Waals surface area contributed by atoms with E-state index >= 15 is 0 Å². The number of oxazole rings is 1. The molecule has 7 nitrogen and oxygen atoms in total. The SMILES string of the molecule is CC(=O)N(Cc1cccs1)C1CC(=O)N(c2ccc(-c3nc4ccccc4o3)cc2)C1=O. The molecule has 0 bridgehead atoms. The van der Waals surface area contributed by atoms with Crippen LogP contribution in [0.15, 0.2) is 70.5 Å². The Hall–Kier alpha value is -3.78. The van der Waals surface area contributed by atoms with Crippen molar-refractivity contribution in [2.45, 2.75) is 25.9 Å². The van der Waals surface area contributed by atoms with Crippen LogP contribution in [-0.2, 0) is 20.9 Å². The van der Waals surface area contributed by atoms with Gasteiger partial charge in [-0.1, -0.05) is 18.2 Å². The van der Waals surface area contributed by atoms with Crippen LogP contribution in [0.4, 0.5) is 5.69 Å². The van der Waals surface area contributed by atoms with Gasteiger partial charge in [0.1, 0.15) is 11.6 Å². The molecule has 0 spiro atoms. The first-order chi connectivity index (χ1) is 15.5. The van der Waals surface area contributed by atoms with Crippen LogP contribution in [0.3, 0.4) is 0 Å². The molecule has 0 aliphatic carbocycles. The Morgan fingerprint density at radius 2 is 1.91 bits per heavy atom. The second kappa shape index (κ2) is 8.05. The maximum absolute atomic E-state index is 13.1. The van der Waals surface area contributed by atoms with Crippen LogP contribution in [0.1, 0.15) is 18.2 Å². The number of hydrogen-bond acceptors (Lipinski definition) is 6. The van der Waals surface area contributed by atoms with Crippen LogP contribution in [0, 0.1) is 0 Å². The van der Waals surface area contributed by atoms with Crippen molar-refractivity contribution in [1.29, 1.82) is 0 Å². The topological polar surface area (TPSA) is 83.7 Å². The summed E-state index contributed by atoms with van der Waals surface area (Å²) >= 11 is 1.51. The summed E-state index contributed by atoms with van der Waals surface area (Å²) in [6.07, 6.45) is -0.0311. The van der Waals surface area contributed by atoms with Crippen molar-refractivity contribution >= 4 is 45.8 Å². The first-order valence-electron chi connectivity index (χ1n) is 10.1. The van der Waals surface area contributed by atoms with Gasteiger partial charge in [-0.15, -0.1) is 11.3 Å². The Morgan fingerprint density at radius 3 is 2.59 bits per heavy atom. The number of nitrogens with zero attached hydrogens (tertiary/aromatic N) is 3. The fraction of sp³-hybridized carbons (Fsp3) is 0.167. The van der Waals surface area contributed by atoms with Gasteiger partial charge in [0.15, 0.2) is 5.58 Å². The molecule has 1 atom stereocenters. The molecule has 0 N–H and O–H groups in total. The van der Waals surface area contributed by atoms with E-state index in [-0.39, 0.29) is 18.2 Å². The number of anilines is 1. The lowest BCUT2D eigenvalue weighted by molar-refractivity contribution is -0.137. The number of rotatable bonds is 5. The lowest BCUT2D eigenvalue weighted by Gasteiger charge is -2.26. The summed E-state index contributed by atoms with van der Waals surface area (Å²) in [6, 6.07) is 17.4. The van der Waals surface area contributed by atoms with E-state index in [1.165, 1.54) is 23.2 Å². The third-order valence-electron chi connectivity index (χ3n) is 5.48. The number of carbonyl (C=O) groups excluding carboxylic acids is 3. The van der Waals surface area contributed by atoms with Gasteiger partial charge in [0.05, 0.1) is 18.7 Å². The van der Waals surface area contributed by atoms with Gasteiger partial charge in [0, 0.05) is 17.4 Å². The summed E-state index contributed by atoms with van der Waals surface area (Å²) < 4.78 is 5.78. The maximum Gasteiger partial charge on any atom is 0.257 e. The maximum atomic E-state index is 13.1. The summed E-state index contributed by atoms with van der Waals surface area (Å²) in [5.41, 5.74) is 2.65. The zero-order chi connectivity index (χ0) is 22.2. The number of imide groups is 1. The Morgan fingerprint density at radius 1 is 1.12 bits per heavy atom. The molecule has 1 saturated heterocycles. The van der Waals surface area contributed by atoms with Crippen molar-refractivity contribution in [1.82, 2.24) is 9.88 Å². The fourth-order valence-electron chi connectivity index (χ4n) is 3.89. The minimum Gasteiger partial charge on any atom is -0.436 e. The highest BCUT2D eigenvalue weighted by Gasteiger charge is 2.43. The predicted octanol–water partition coefficient (Wildman–Crippen LogP) is 4.24. The number of carbonyl (C=O) groups is 3. The van der Waals surface area contributed by atoms with Crippen LogP contribution < -0.4 is 4.90 Å². The molecular weight excluding hydrogens is 426 g/mol. The number of thiophene rings is 1. The summed E-state index contributed by atoms with van der Waals surface area (Å²) in [7, 11) is 0. The smallest absolute Gasteiger partial charge is 0.257 e. The van der Waals surface area contributed by atoms with Crippen LogP contribution in [0.2, 0.25) is 0 Å². The number of amides is 3. The molecule has 1 aliphatic rings. The molecule has 32 heavy (non-hydrogen) atoms. The first kappa shape index (κ1) is 20.1. The third kappa shape index (κ3) is 3.58. The molecule has 0 saturated carbocycles. The monoisotopic (exact) mass is 445 g/mol. The predicted molar refractivity (Wildman–Crippen MR) is 121 cm³/mol. The average molecular weight is 446 g/mol. The van der Waals surface area contributed by atoms with Crippen molar-refractivity contribution in [3.63, 3.8) is 0 Å². The van der Waals surface area contributed by atoms with Crippen LogP contribution in [0.25, 0.3) is 22.6 Å². The molecular formula is C24H19N3O4S. The number of hydrogen-bond donors (Lipinski definition) is 0. The zero-order valence-electron chi connectivity index (χ0n) is 17.2. The standard InChI is InChI=1S/C24H19N3O4S/c1-15(28)26(14-18-5-4-12-32-18)20-13-22(29)27(24(20)30)17-10-8-16(9-11-17)23-25-19-6-2-3-7-21(19)31-23/h2-12,20H,13-14H2,1H3. The van der Waals surface area contributed by atoms with Gasteiger partial charge in [-0.25, -0.2) is 9.88 Å². The lowest BCUT2D eigenvalue weighted by atomic mass is 10.2. The van der Waals surface area contributed by atoms with Gasteiger partial charge in [-0.05, 0) is 47.8 Å². The highest BCUT2D eigenvalue weighted by molar-refractivity contribution is 7.09. The molecule has 1 fully saturated rings. The van der Waals surface area contributed by atoms with Crippen molar-refractivity contribution in [3.05, 3.63) is 70.9 Å². The number of benzene rings is 2. The molecule has 8 heteroatoms. The molecule has 4 aromatic rings. The van der Waals surface area contributed by atoms with Gasteiger partial charge in [0.25, 0.3) is 5.91 Å². The number of aromatic nitrogens is 1. The van der Waals surface area contributed by atoms with E-state index in [2.05, 4.69) is 4.98 Å². The zero-order valence-corrected chi connectivity index (χ0v) is 18.0. The molecule has 2 aromatic carbocycles.